The van der Waals surface area contributed by atoms with Crippen LogP contribution in [0.15, 0.2) is 24.3 Å². The van der Waals surface area contributed by atoms with Gasteiger partial charge in [0.2, 0.25) is 0 Å². The van der Waals surface area contributed by atoms with Crippen LogP contribution >= 0.6 is 0 Å². The average Bonchev–Trinajstić information content (AvgIpc) is 2.50. The largest absolute Gasteiger partial charge is 0.508 e. The second-order valence-electron chi connectivity index (χ2n) is 4.66. The number of hydrogen-bond acceptors (Lipinski definition) is 3. The summed E-state index contributed by atoms with van der Waals surface area (Å²) in [4.78, 5) is 0. The second-order valence-corrected chi connectivity index (χ2v) is 4.66. The number of ether oxygens (including phenoxy) is 1. The quantitative estimate of drug-likeness (QED) is 0.775. The Labute approximate surface area is 90.1 Å². The molecule has 3 nitrogen and oxygen atoms in total. The van der Waals surface area contributed by atoms with Crippen molar-refractivity contribution < 1.29 is 9.84 Å². The molecule has 0 spiro atoms. The molecule has 0 bridgehead atoms. The fraction of sp³-hybridized carbons (Fsp3) is 0.500. The van der Waals surface area contributed by atoms with Crippen molar-refractivity contribution in [2.24, 2.45) is 0 Å². The zero-order valence-corrected chi connectivity index (χ0v) is 9.16. The highest BCUT2D eigenvalue weighted by Gasteiger charge is 2.30. The van der Waals surface area contributed by atoms with E-state index in [-0.39, 0.29) is 11.8 Å². The van der Waals surface area contributed by atoms with Gasteiger partial charge in [0.25, 0.3) is 0 Å². The molecule has 2 N–H and O–H groups in total. The number of phenols is 1. The van der Waals surface area contributed by atoms with Crippen LogP contribution in [0.3, 0.4) is 0 Å². The van der Waals surface area contributed by atoms with E-state index < -0.39 is 0 Å². The highest BCUT2D eigenvalue weighted by atomic mass is 16.5. The number of aromatic hydroxyl groups is 1. The van der Waals surface area contributed by atoms with E-state index in [9.17, 15) is 5.11 Å². The van der Waals surface area contributed by atoms with Crippen LogP contribution in [0.1, 0.15) is 19.4 Å². The van der Waals surface area contributed by atoms with Crippen LogP contribution in [0.4, 0.5) is 0 Å². The molecular formula is C12H17NO2. The van der Waals surface area contributed by atoms with E-state index in [1.807, 2.05) is 18.2 Å². The Morgan fingerprint density at radius 1 is 1.47 bits per heavy atom. The van der Waals surface area contributed by atoms with Crippen molar-refractivity contribution in [3.05, 3.63) is 29.8 Å². The first-order chi connectivity index (χ1) is 7.07. The van der Waals surface area contributed by atoms with Crippen LogP contribution in [-0.2, 0) is 11.2 Å². The summed E-state index contributed by atoms with van der Waals surface area (Å²) in [6.07, 6.45) is 0.712. The summed E-state index contributed by atoms with van der Waals surface area (Å²) in [5.41, 5.74) is 0.961. The average molecular weight is 207 g/mol. The van der Waals surface area contributed by atoms with Crippen molar-refractivity contribution >= 4 is 0 Å². The van der Waals surface area contributed by atoms with Gasteiger partial charge >= 0.3 is 0 Å². The SMILES string of the molecule is CC1(C)COC(Cc2ccccc2O)N1. The van der Waals surface area contributed by atoms with Crippen molar-refractivity contribution in [2.45, 2.75) is 32.0 Å². The predicted octanol–water partition coefficient (Wildman–Crippen LogP) is 1.66. The first-order valence-electron chi connectivity index (χ1n) is 5.23. The van der Waals surface area contributed by atoms with Gasteiger partial charge in [-0.25, -0.2) is 0 Å². The standard InChI is InChI=1S/C12H17NO2/c1-12(2)8-15-11(13-12)7-9-5-3-4-6-10(9)14/h3-6,11,13-14H,7-8H2,1-2H3. The normalized spacial score (nSPS) is 24.3. The summed E-state index contributed by atoms with van der Waals surface area (Å²) in [7, 11) is 0. The van der Waals surface area contributed by atoms with Crippen LogP contribution in [0.2, 0.25) is 0 Å². The summed E-state index contributed by atoms with van der Waals surface area (Å²) in [6, 6.07) is 7.38. The Bertz CT molecular complexity index is 349. The fourth-order valence-electron chi connectivity index (χ4n) is 1.82. The van der Waals surface area contributed by atoms with Gasteiger partial charge in [0, 0.05) is 12.0 Å². The topological polar surface area (TPSA) is 41.5 Å². The summed E-state index contributed by atoms with van der Waals surface area (Å²) in [5, 5.41) is 13.0. The third-order valence-electron chi connectivity index (χ3n) is 2.59. The minimum absolute atomic E-state index is 0.00769. The van der Waals surface area contributed by atoms with Gasteiger partial charge in [-0.15, -0.1) is 0 Å². The summed E-state index contributed by atoms with van der Waals surface area (Å²) >= 11 is 0. The lowest BCUT2D eigenvalue weighted by molar-refractivity contribution is 0.0982. The Balaban J connectivity index is 2.02. The summed E-state index contributed by atoms with van der Waals surface area (Å²) in [6.45, 7) is 4.93. The van der Waals surface area contributed by atoms with Gasteiger partial charge in [0.1, 0.15) is 12.0 Å². The maximum absolute atomic E-state index is 9.62. The first kappa shape index (κ1) is 10.5. The number of benzene rings is 1. The van der Waals surface area contributed by atoms with Gasteiger partial charge < -0.3 is 9.84 Å². The minimum Gasteiger partial charge on any atom is -0.508 e. The molecule has 0 amide bonds. The smallest absolute Gasteiger partial charge is 0.118 e. The molecule has 1 atom stereocenters. The van der Waals surface area contributed by atoms with Gasteiger partial charge in [-0.3, -0.25) is 5.32 Å². The molecule has 1 fully saturated rings. The van der Waals surface area contributed by atoms with E-state index in [4.69, 9.17) is 4.74 Å². The Morgan fingerprint density at radius 2 is 2.20 bits per heavy atom. The molecule has 1 heterocycles. The summed E-state index contributed by atoms with van der Waals surface area (Å²) < 4.78 is 5.60. The highest BCUT2D eigenvalue weighted by Crippen LogP contribution is 2.21. The summed E-state index contributed by atoms with van der Waals surface area (Å²) in [5.74, 6) is 0.340. The van der Waals surface area contributed by atoms with Gasteiger partial charge in [0.05, 0.1) is 6.61 Å². The molecule has 1 aliphatic rings. The minimum atomic E-state index is 0.00769. The number of rotatable bonds is 2. The number of hydrogen-bond donors (Lipinski definition) is 2. The van der Waals surface area contributed by atoms with Crippen molar-refractivity contribution in [3.63, 3.8) is 0 Å². The third kappa shape index (κ3) is 2.49. The van der Waals surface area contributed by atoms with Crippen LogP contribution in [0, 0.1) is 0 Å². The van der Waals surface area contributed by atoms with Gasteiger partial charge in [-0.2, -0.15) is 0 Å². The van der Waals surface area contributed by atoms with E-state index in [0.717, 1.165) is 5.56 Å². The van der Waals surface area contributed by atoms with E-state index >= 15 is 0 Å². The molecule has 82 valence electrons. The second kappa shape index (κ2) is 3.83. The highest BCUT2D eigenvalue weighted by molar-refractivity contribution is 5.32. The zero-order chi connectivity index (χ0) is 10.9. The van der Waals surface area contributed by atoms with Crippen molar-refractivity contribution in [1.29, 1.82) is 0 Å². The number of para-hydroxylation sites is 1. The van der Waals surface area contributed by atoms with Gasteiger partial charge in [-0.1, -0.05) is 18.2 Å². The van der Waals surface area contributed by atoms with Crippen LogP contribution in [-0.4, -0.2) is 23.5 Å². The molecule has 1 unspecified atom stereocenters. The zero-order valence-electron chi connectivity index (χ0n) is 9.16. The lowest BCUT2D eigenvalue weighted by atomic mass is 10.1. The van der Waals surface area contributed by atoms with E-state index in [0.29, 0.717) is 18.8 Å². The number of nitrogens with one attached hydrogen (secondary N) is 1. The van der Waals surface area contributed by atoms with Gasteiger partial charge in [0.15, 0.2) is 0 Å². The molecule has 1 aliphatic heterocycles. The molecule has 0 aliphatic carbocycles. The Hall–Kier alpha value is -1.06. The maximum atomic E-state index is 9.62. The van der Waals surface area contributed by atoms with Crippen LogP contribution in [0.5, 0.6) is 5.75 Å². The van der Waals surface area contributed by atoms with Crippen LogP contribution < -0.4 is 5.32 Å². The van der Waals surface area contributed by atoms with Crippen molar-refractivity contribution in [1.82, 2.24) is 5.32 Å². The molecule has 0 saturated carbocycles. The molecule has 0 aromatic heterocycles. The molecular weight excluding hydrogens is 190 g/mol. The van der Waals surface area contributed by atoms with Crippen molar-refractivity contribution in [2.75, 3.05) is 6.61 Å². The Kier molecular flexibility index (Phi) is 2.67. The molecule has 3 heteroatoms. The third-order valence-corrected chi connectivity index (χ3v) is 2.59. The van der Waals surface area contributed by atoms with Gasteiger partial charge in [-0.05, 0) is 25.5 Å². The molecule has 15 heavy (non-hydrogen) atoms. The Morgan fingerprint density at radius 3 is 2.80 bits per heavy atom. The van der Waals surface area contributed by atoms with E-state index in [1.54, 1.807) is 6.07 Å². The molecule has 1 saturated heterocycles. The molecule has 0 radical (unpaired) electrons. The predicted molar refractivity (Wildman–Crippen MR) is 58.8 cm³/mol. The number of phenolic OH excluding ortho intramolecular Hbond substituents is 1. The molecule has 2 rings (SSSR count). The van der Waals surface area contributed by atoms with E-state index in [1.165, 1.54) is 0 Å². The maximum Gasteiger partial charge on any atom is 0.118 e. The lowest BCUT2D eigenvalue weighted by Gasteiger charge is -2.17. The lowest BCUT2D eigenvalue weighted by Crippen LogP contribution is -2.39. The molecule has 1 aromatic carbocycles. The van der Waals surface area contributed by atoms with Crippen molar-refractivity contribution in [3.8, 4) is 5.75 Å². The van der Waals surface area contributed by atoms with E-state index in [2.05, 4.69) is 19.2 Å². The first-order valence-corrected chi connectivity index (χ1v) is 5.23. The monoisotopic (exact) mass is 207 g/mol. The van der Waals surface area contributed by atoms with Crippen LogP contribution in [0.25, 0.3) is 0 Å². The molecule has 1 aromatic rings. The fourth-order valence-corrected chi connectivity index (χ4v) is 1.82.